The molecule has 1 fully saturated rings. The van der Waals surface area contributed by atoms with E-state index in [4.69, 9.17) is 0 Å². The summed E-state index contributed by atoms with van der Waals surface area (Å²) in [6.45, 7) is 3.96. The summed E-state index contributed by atoms with van der Waals surface area (Å²) in [7, 11) is 1.85. The lowest BCUT2D eigenvalue weighted by Gasteiger charge is -2.30. The van der Waals surface area contributed by atoms with Gasteiger partial charge in [-0.2, -0.15) is 0 Å². The SMILES string of the molecule is CC1CCN(C(=O)c2ccc3c(c2)nnn3C)CC1. The lowest BCUT2D eigenvalue weighted by atomic mass is 9.98. The monoisotopic (exact) mass is 258 g/mol. The van der Waals surface area contributed by atoms with Gasteiger partial charge in [-0.05, 0) is 37.0 Å². The number of aryl methyl sites for hydroxylation is 1. The quantitative estimate of drug-likeness (QED) is 0.784. The molecule has 2 heterocycles. The number of fused-ring (bicyclic) bond motifs is 1. The van der Waals surface area contributed by atoms with Gasteiger partial charge in [-0.25, -0.2) is 4.68 Å². The molecule has 2 aromatic rings. The number of rotatable bonds is 1. The van der Waals surface area contributed by atoms with Gasteiger partial charge < -0.3 is 4.90 Å². The molecule has 5 heteroatoms. The zero-order valence-corrected chi connectivity index (χ0v) is 11.3. The summed E-state index contributed by atoms with van der Waals surface area (Å²) < 4.78 is 1.71. The Morgan fingerprint density at radius 2 is 2.05 bits per heavy atom. The molecule has 1 aliphatic heterocycles. The predicted octanol–water partition coefficient (Wildman–Crippen LogP) is 1.84. The molecule has 1 aromatic heterocycles. The van der Waals surface area contributed by atoms with Crippen LogP contribution >= 0.6 is 0 Å². The highest BCUT2D eigenvalue weighted by Crippen LogP contribution is 2.19. The van der Waals surface area contributed by atoms with Gasteiger partial charge in [0.25, 0.3) is 5.91 Å². The number of carbonyl (C=O) groups excluding carboxylic acids is 1. The standard InChI is InChI=1S/C14H18N4O/c1-10-5-7-18(8-6-10)14(19)11-3-4-13-12(9-11)15-16-17(13)2/h3-4,9-10H,5-8H2,1-2H3. The van der Waals surface area contributed by atoms with E-state index in [9.17, 15) is 4.79 Å². The highest BCUT2D eigenvalue weighted by Gasteiger charge is 2.21. The van der Waals surface area contributed by atoms with Crippen LogP contribution in [0.3, 0.4) is 0 Å². The molecular formula is C14H18N4O. The Balaban J connectivity index is 1.85. The average molecular weight is 258 g/mol. The smallest absolute Gasteiger partial charge is 0.253 e. The molecule has 0 N–H and O–H groups in total. The fraction of sp³-hybridized carbons (Fsp3) is 0.500. The van der Waals surface area contributed by atoms with E-state index in [1.165, 1.54) is 0 Å². The number of amides is 1. The molecule has 0 aliphatic carbocycles. The zero-order valence-electron chi connectivity index (χ0n) is 11.3. The third-order valence-electron chi connectivity index (χ3n) is 3.93. The molecule has 1 aliphatic rings. The van der Waals surface area contributed by atoms with Crippen molar-refractivity contribution >= 4 is 16.9 Å². The number of aromatic nitrogens is 3. The largest absolute Gasteiger partial charge is 0.339 e. The van der Waals surface area contributed by atoms with Crippen LogP contribution in [0.15, 0.2) is 18.2 Å². The van der Waals surface area contributed by atoms with Crippen LogP contribution in [0, 0.1) is 5.92 Å². The van der Waals surface area contributed by atoms with E-state index >= 15 is 0 Å². The van der Waals surface area contributed by atoms with Gasteiger partial charge in [-0.1, -0.05) is 12.1 Å². The number of hydrogen-bond acceptors (Lipinski definition) is 3. The normalized spacial score (nSPS) is 17.1. The van der Waals surface area contributed by atoms with Gasteiger partial charge >= 0.3 is 0 Å². The molecule has 100 valence electrons. The van der Waals surface area contributed by atoms with Crippen molar-refractivity contribution in [1.82, 2.24) is 19.9 Å². The third kappa shape index (κ3) is 2.20. The van der Waals surface area contributed by atoms with Crippen LogP contribution in [-0.4, -0.2) is 38.9 Å². The Labute approximate surface area is 112 Å². The predicted molar refractivity (Wildman–Crippen MR) is 72.8 cm³/mol. The molecule has 19 heavy (non-hydrogen) atoms. The van der Waals surface area contributed by atoms with Crippen molar-refractivity contribution in [1.29, 1.82) is 0 Å². The molecule has 1 aromatic carbocycles. The highest BCUT2D eigenvalue weighted by molar-refractivity contribution is 5.97. The molecule has 3 rings (SSSR count). The molecule has 1 amide bonds. The van der Waals surface area contributed by atoms with Crippen LogP contribution in [0.5, 0.6) is 0 Å². The summed E-state index contributed by atoms with van der Waals surface area (Å²) in [5.41, 5.74) is 2.44. The van der Waals surface area contributed by atoms with Gasteiger partial charge in [0.2, 0.25) is 0 Å². The van der Waals surface area contributed by atoms with E-state index < -0.39 is 0 Å². The summed E-state index contributed by atoms with van der Waals surface area (Å²) >= 11 is 0. The van der Waals surface area contributed by atoms with Gasteiger partial charge in [0.1, 0.15) is 5.52 Å². The van der Waals surface area contributed by atoms with Crippen molar-refractivity contribution in [3.05, 3.63) is 23.8 Å². The summed E-state index contributed by atoms with van der Waals surface area (Å²) in [6.07, 6.45) is 2.19. The van der Waals surface area contributed by atoms with Gasteiger partial charge in [-0.3, -0.25) is 4.79 Å². The minimum atomic E-state index is 0.111. The lowest BCUT2D eigenvalue weighted by Crippen LogP contribution is -2.37. The Morgan fingerprint density at radius 3 is 2.79 bits per heavy atom. The van der Waals surface area contributed by atoms with Crippen LogP contribution < -0.4 is 0 Å². The minimum Gasteiger partial charge on any atom is -0.339 e. The Kier molecular flexibility index (Phi) is 2.97. The maximum atomic E-state index is 12.4. The highest BCUT2D eigenvalue weighted by atomic mass is 16.2. The van der Waals surface area contributed by atoms with Crippen LogP contribution in [0.2, 0.25) is 0 Å². The van der Waals surface area contributed by atoms with E-state index in [0.29, 0.717) is 5.56 Å². The van der Waals surface area contributed by atoms with Gasteiger partial charge in [-0.15, -0.1) is 5.10 Å². The maximum Gasteiger partial charge on any atom is 0.253 e. The van der Waals surface area contributed by atoms with Crippen LogP contribution in [-0.2, 0) is 7.05 Å². The number of carbonyl (C=O) groups is 1. The number of nitrogens with zero attached hydrogens (tertiary/aromatic N) is 4. The molecule has 5 nitrogen and oxygen atoms in total. The molecule has 1 saturated heterocycles. The average Bonchev–Trinajstić information content (AvgIpc) is 2.80. The lowest BCUT2D eigenvalue weighted by molar-refractivity contribution is 0.0697. The molecule has 0 atom stereocenters. The van der Waals surface area contributed by atoms with E-state index in [1.54, 1.807) is 4.68 Å². The second-order valence-corrected chi connectivity index (χ2v) is 5.39. The molecule has 0 radical (unpaired) electrons. The van der Waals surface area contributed by atoms with Crippen molar-refractivity contribution in [2.24, 2.45) is 13.0 Å². The molecule has 0 saturated carbocycles. The summed E-state index contributed by atoms with van der Waals surface area (Å²) in [5, 5.41) is 8.02. The van der Waals surface area contributed by atoms with Crippen LogP contribution in [0.1, 0.15) is 30.1 Å². The maximum absolute atomic E-state index is 12.4. The molecule has 0 spiro atoms. The third-order valence-corrected chi connectivity index (χ3v) is 3.93. The first-order valence-electron chi connectivity index (χ1n) is 6.74. The Hall–Kier alpha value is -1.91. The zero-order chi connectivity index (χ0) is 13.4. The Morgan fingerprint density at radius 1 is 1.32 bits per heavy atom. The van der Waals surface area contributed by atoms with E-state index in [-0.39, 0.29) is 5.91 Å². The molecule has 0 unspecified atom stereocenters. The fourth-order valence-electron chi connectivity index (χ4n) is 2.57. The summed E-state index contributed by atoms with van der Waals surface area (Å²) in [6, 6.07) is 5.61. The van der Waals surface area contributed by atoms with E-state index in [1.807, 2.05) is 30.1 Å². The minimum absolute atomic E-state index is 0.111. The van der Waals surface area contributed by atoms with Gasteiger partial charge in [0.15, 0.2) is 0 Å². The number of likely N-dealkylation sites (tertiary alicyclic amines) is 1. The van der Waals surface area contributed by atoms with Crippen LogP contribution in [0.25, 0.3) is 11.0 Å². The second kappa shape index (κ2) is 4.64. The van der Waals surface area contributed by atoms with E-state index in [2.05, 4.69) is 17.2 Å². The molecular weight excluding hydrogens is 240 g/mol. The number of benzene rings is 1. The fourth-order valence-corrected chi connectivity index (χ4v) is 2.57. The van der Waals surface area contributed by atoms with Gasteiger partial charge in [0.05, 0.1) is 5.52 Å². The number of hydrogen-bond donors (Lipinski definition) is 0. The van der Waals surface area contributed by atoms with Crippen molar-refractivity contribution in [2.75, 3.05) is 13.1 Å². The van der Waals surface area contributed by atoms with Gasteiger partial charge in [0, 0.05) is 25.7 Å². The van der Waals surface area contributed by atoms with Crippen molar-refractivity contribution in [3.63, 3.8) is 0 Å². The Bertz CT molecular complexity index is 611. The van der Waals surface area contributed by atoms with Crippen molar-refractivity contribution < 1.29 is 4.79 Å². The second-order valence-electron chi connectivity index (χ2n) is 5.39. The summed E-state index contributed by atoms with van der Waals surface area (Å²) in [5.74, 6) is 0.839. The van der Waals surface area contributed by atoms with Crippen molar-refractivity contribution in [3.8, 4) is 0 Å². The molecule has 0 bridgehead atoms. The van der Waals surface area contributed by atoms with Crippen molar-refractivity contribution in [2.45, 2.75) is 19.8 Å². The van der Waals surface area contributed by atoms with Crippen LogP contribution in [0.4, 0.5) is 0 Å². The first-order valence-corrected chi connectivity index (χ1v) is 6.74. The van der Waals surface area contributed by atoms with E-state index in [0.717, 1.165) is 42.9 Å². The first-order chi connectivity index (χ1) is 9.15. The first kappa shape index (κ1) is 12.1. The summed E-state index contributed by atoms with van der Waals surface area (Å²) in [4.78, 5) is 14.4. The topological polar surface area (TPSA) is 51.0 Å². The number of piperidine rings is 1.